The molecule has 0 radical (unpaired) electrons. The predicted molar refractivity (Wildman–Crippen MR) is 111 cm³/mol. The smallest absolute Gasteiger partial charge is 0.413 e. The summed E-state index contributed by atoms with van der Waals surface area (Å²) in [5, 5.41) is 13.7. The molecule has 0 aromatic heterocycles. The van der Waals surface area contributed by atoms with Crippen LogP contribution < -0.4 is 5.32 Å². The predicted octanol–water partition coefficient (Wildman–Crippen LogP) is 4.82. The number of amides is 1. The van der Waals surface area contributed by atoms with Crippen LogP contribution in [0.1, 0.15) is 53.5 Å². The first-order valence-corrected chi connectivity index (χ1v) is 10.1. The summed E-state index contributed by atoms with van der Waals surface area (Å²) in [6.45, 7) is 11.0. The number of aliphatic imine (C=N–C) groups is 1. The van der Waals surface area contributed by atoms with Gasteiger partial charge >= 0.3 is 6.09 Å². The Labute approximate surface area is 168 Å². The van der Waals surface area contributed by atoms with Crippen molar-refractivity contribution in [1.82, 2.24) is 5.32 Å². The van der Waals surface area contributed by atoms with E-state index in [1.54, 1.807) is 13.8 Å². The van der Waals surface area contributed by atoms with E-state index in [0.29, 0.717) is 11.6 Å². The summed E-state index contributed by atoms with van der Waals surface area (Å²) < 4.78 is 5.98. The SMILES string of the molecule is CC(C)(C)OC(=O)NC1=N[C@H](C(C)(C)O)C[C@@](C)(c2cccc(Br)c2)S1. The van der Waals surface area contributed by atoms with Gasteiger partial charge in [0.2, 0.25) is 0 Å². The van der Waals surface area contributed by atoms with Gasteiger partial charge in [-0.25, -0.2) is 4.79 Å². The van der Waals surface area contributed by atoms with Gasteiger partial charge in [-0.05, 0) is 65.7 Å². The maximum absolute atomic E-state index is 12.2. The lowest BCUT2D eigenvalue weighted by atomic mass is 9.86. The van der Waals surface area contributed by atoms with E-state index >= 15 is 0 Å². The van der Waals surface area contributed by atoms with Gasteiger partial charge in [-0.3, -0.25) is 10.3 Å². The summed E-state index contributed by atoms with van der Waals surface area (Å²) in [6.07, 6.45) is 0.105. The number of benzene rings is 1. The molecule has 2 N–H and O–H groups in total. The van der Waals surface area contributed by atoms with Crippen LogP contribution in [0.25, 0.3) is 0 Å². The van der Waals surface area contributed by atoms with Crippen LogP contribution in [0.2, 0.25) is 0 Å². The number of hydrogen-bond acceptors (Lipinski definition) is 5. The molecule has 2 rings (SSSR count). The fraction of sp³-hybridized carbons (Fsp3) is 0.579. The number of carbonyl (C=O) groups is 1. The zero-order valence-electron chi connectivity index (χ0n) is 16.1. The van der Waals surface area contributed by atoms with Gasteiger partial charge in [-0.2, -0.15) is 0 Å². The summed E-state index contributed by atoms with van der Waals surface area (Å²) >= 11 is 4.99. The molecule has 0 spiro atoms. The lowest BCUT2D eigenvalue weighted by Crippen LogP contribution is -2.46. The number of nitrogens with zero attached hydrogens (tertiary/aromatic N) is 1. The fourth-order valence-corrected chi connectivity index (χ4v) is 4.31. The van der Waals surface area contributed by atoms with Gasteiger partial charge in [-0.1, -0.05) is 39.8 Å². The van der Waals surface area contributed by atoms with Crippen molar-refractivity contribution in [2.24, 2.45) is 4.99 Å². The Morgan fingerprint density at radius 1 is 1.38 bits per heavy atom. The molecule has 1 aromatic rings. The first-order chi connectivity index (χ1) is 11.8. The van der Waals surface area contributed by atoms with Gasteiger partial charge in [0.25, 0.3) is 0 Å². The monoisotopic (exact) mass is 442 g/mol. The van der Waals surface area contributed by atoms with Crippen LogP contribution in [-0.4, -0.2) is 33.6 Å². The number of thioether (sulfide) groups is 1. The second kappa shape index (κ2) is 7.52. The number of rotatable bonds is 2. The van der Waals surface area contributed by atoms with E-state index in [-0.39, 0.29) is 10.8 Å². The highest BCUT2D eigenvalue weighted by Gasteiger charge is 2.42. The molecule has 1 amide bonds. The highest BCUT2D eigenvalue weighted by Crippen LogP contribution is 2.46. The second-order valence-electron chi connectivity index (χ2n) is 8.28. The van der Waals surface area contributed by atoms with Gasteiger partial charge in [0.1, 0.15) is 5.60 Å². The van der Waals surface area contributed by atoms with E-state index in [0.717, 1.165) is 10.0 Å². The van der Waals surface area contributed by atoms with Crippen LogP contribution in [0, 0.1) is 0 Å². The number of amidine groups is 1. The average molecular weight is 443 g/mol. The van der Waals surface area contributed by atoms with E-state index in [9.17, 15) is 9.90 Å². The molecule has 5 nitrogen and oxygen atoms in total. The van der Waals surface area contributed by atoms with Gasteiger partial charge in [-0.15, -0.1) is 0 Å². The van der Waals surface area contributed by atoms with Crippen LogP contribution in [0.4, 0.5) is 4.79 Å². The van der Waals surface area contributed by atoms with Crippen LogP contribution in [0.3, 0.4) is 0 Å². The number of alkyl carbamates (subject to hydrolysis) is 1. The Morgan fingerprint density at radius 3 is 2.58 bits per heavy atom. The van der Waals surface area contributed by atoms with Crippen molar-refractivity contribution in [3.63, 3.8) is 0 Å². The molecule has 0 saturated heterocycles. The molecule has 0 unspecified atom stereocenters. The molecule has 1 aliphatic rings. The second-order valence-corrected chi connectivity index (χ2v) is 10.7. The molecule has 0 aliphatic carbocycles. The van der Waals surface area contributed by atoms with Crippen molar-refractivity contribution in [2.45, 2.75) is 70.0 Å². The number of nitrogens with one attached hydrogen (secondary N) is 1. The maximum Gasteiger partial charge on any atom is 0.413 e. The normalized spacial score (nSPS) is 24.0. The summed E-state index contributed by atoms with van der Waals surface area (Å²) in [5.41, 5.74) is -0.493. The van der Waals surface area contributed by atoms with Crippen LogP contribution in [0.15, 0.2) is 33.7 Å². The van der Waals surface area contributed by atoms with E-state index in [1.165, 1.54) is 11.8 Å². The van der Waals surface area contributed by atoms with Crippen molar-refractivity contribution >= 4 is 39.0 Å². The van der Waals surface area contributed by atoms with E-state index < -0.39 is 17.3 Å². The number of hydrogen-bond donors (Lipinski definition) is 2. The number of carbonyl (C=O) groups excluding carboxylic acids is 1. The van der Waals surface area contributed by atoms with Crippen molar-refractivity contribution in [1.29, 1.82) is 0 Å². The average Bonchev–Trinajstić information content (AvgIpc) is 2.43. The third kappa shape index (κ3) is 5.72. The Hall–Kier alpha value is -1.05. The highest BCUT2D eigenvalue weighted by atomic mass is 79.9. The first-order valence-electron chi connectivity index (χ1n) is 8.54. The summed E-state index contributed by atoms with van der Waals surface area (Å²) in [4.78, 5) is 16.8. The van der Waals surface area contributed by atoms with Gasteiger partial charge in [0, 0.05) is 9.22 Å². The molecule has 1 aromatic carbocycles. The van der Waals surface area contributed by atoms with Crippen molar-refractivity contribution < 1.29 is 14.6 Å². The van der Waals surface area contributed by atoms with Gasteiger partial charge < -0.3 is 9.84 Å². The van der Waals surface area contributed by atoms with Gasteiger partial charge in [0.05, 0.1) is 11.6 Å². The van der Waals surface area contributed by atoms with Crippen molar-refractivity contribution in [2.75, 3.05) is 0 Å². The Morgan fingerprint density at radius 2 is 2.04 bits per heavy atom. The van der Waals surface area contributed by atoms with Gasteiger partial charge in [0.15, 0.2) is 5.17 Å². The third-order valence-corrected chi connectivity index (χ3v) is 5.78. The minimum Gasteiger partial charge on any atom is -0.444 e. The molecule has 0 saturated carbocycles. The largest absolute Gasteiger partial charge is 0.444 e. The molecule has 1 aliphatic heterocycles. The molecule has 1 heterocycles. The molecule has 0 bridgehead atoms. The molecule has 7 heteroatoms. The summed E-state index contributed by atoms with van der Waals surface area (Å²) in [5.74, 6) is 0. The van der Waals surface area contributed by atoms with Crippen molar-refractivity contribution in [3.05, 3.63) is 34.3 Å². The minimum absolute atomic E-state index is 0.347. The van der Waals surface area contributed by atoms with Crippen molar-refractivity contribution in [3.8, 4) is 0 Å². The first kappa shape index (κ1) is 21.3. The minimum atomic E-state index is -1.00. The molecular weight excluding hydrogens is 416 g/mol. The van der Waals surface area contributed by atoms with E-state index in [4.69, 9.17) is 4.74 Å². The maximum atomic E-state index is 12.2. The molecular formula is C19H27BrN2O3S. The quantitative estimate of drug-likeness (QED) is 0.688. The lowest BCUT2D eigenvalue weighted by Gasteiger charge is -2.40. The van der Waals surface area contributed by atoms with Crippen LogP contribution in [0.5, 0.6) is 0 Å². The zero-order valence-corrected chi connectivity index (χ0v) is 18.5. The molecule has 2 atom stereocenters. The molecule has 0 fully saturated rings. The Kier molecular flexibility index (Phi) is 6.15. The fourth-order valence-electron chi connectivity index (χ4n) is 2.69. The lowest BCUT2D eigenvalue weighted by molar-refractivity contribution is 0.0451. The molecule has 26 heavy (non-hydrogen) atoms. The molecule has 144 valence electrons. The van der Waals surface area contributed by atoms with Crippen LogP contribution >= 0.6 is 27.7 Å². The van der Waals surface area contributed by atoms with E-state index in [1.807, 2.05) is 32.9 Å². The third-order valence-electron chi connectivity index (χ3n) is 4.04. The van der Waals surface area contributed by atoms with Crippen LogP contribution in [-0.2, 0) is 9.48 Å². The standard InChI is InChI=1S/C19H27BrN2O3S/c1-17(2,3)25-16(23)22-15-21-14(18(4,5)24)11-19(6,26-15)12-8-7-9-13(20)10-12/h7-10,14,24H,11H2,1-6H3,(H,21,22,23)/t14-,19-/m0/s1. The number of halogens is 1. The highest BCUT2D eigenvalue weighted by molar-refractivity contribution is 9.10. The Bertz CT molecular complexity index is 709. The topological polar surface area (TPSA) is 70.9 Å². The zero-order chi connectivity index (χ0) is 19.8. The Balaban J connectivity index is 2.32. The number of aliphatic hydroxyl groups is 1. The van der Waals surface area contributed by atoms with E-state index in [2.05, 4.69) is 45.3 Å². The summed E-state index contributed by atoms with van der Waals surface area (Å²) in [7, 11) is 0. The number of ether oxygens (including phenoxy) is 1. The summed E-state index contributed by atoms with van der Waals surface area (Å²) in [6, 6.07) is 7.72.